The van der Waals surface area contributed by atoms with Gasteiger partial charge in [-0.25, -0.2) is 0 Å². The lowest BCUT2D eigenvalue weighted by molar-refractivity contribution is -0.157. The van der Waals surface area contributed by atoms with E-state index in [1.54, 1.807) is 44.2 Å². The number of epoxide rings is 1. The molecule has 222 valence electrons. The van der Waals surface area contributed by atoms with Crippen LogP contribution in [0.25, 0.3) is 0 Å². The summed E-state index contributed by atoms with van der Waals surface area (Å²) in [5.74, 6) is -1.46. The highest BCUT2D eigenvalue weighted by Gasteiger charge is 2.47. The van der Waals surface area contributed by atoms with E-state index in [1.165, 1.54) is 13.8 Å². The number of rotatable bonds is 9. The third kappa shape index (κ3) is 10.5. The molecule has 2 aliphatic heterocycles. The van der Waals surface area contributed by atoms with Crippen LogP contribution in [0.4, 0.5) is 0 Å². The number of cyclic esters (lactones) is 1. The molecule has 9 nitrogen and oxygen atoms in total. The molecule has 4 N–H and O–H groups in total. The van der Waals surface area contributed by atoms with E-state index in [-0.39, 0.29) is 43.3 Å². The number of hydrogen-bond acceptors (Lipinski definition) is 9. The van der Waals surface area contributed by atoms with Gasteiger partial charge in [0.25, 0.3) is 0 Å². The Labute approximate surface area is 232 Å². The monoisotopic (exact) mass is 552 g/mol. The van der Waals surface area contributed by atoms with E-state index in [9.17, 15) is 30.0 Å². The molecule has 0 aromatic carbocycles. The molecule has 2 rings (SSSR count). The van der Waals surface area contributed by atoms with E-state index >= 15 is 0 Å². The molecule has 10 atom stereocenters. The number of hydrogen-bond donors (Lipinski definition) is 4. The van der Waals surface area contributed by atoms with Gasteiger partial charge in [-0.15, -0.1) is 0 Å². The van der Waals surface area contributed by atoms with Gasteiger partial charge in [0.1, 0.15) is 17.8 Å². The van der Waals surface area contributed by atoms with E-state index in [1.807, 2.05) is 20.8 Å². The zero-order chi connectivity index (χ0) is 29.5. The van der Waals surface area contributed by atoms with Crippen molar-refractivity contribution in [3.63, 3.8) is 0 Å². The van der Waals surface area contributed by atoms with Crippen LogP contribution < -0.4 is 0 Å². The predicted octanol–water partition coefficient (Wildman–Crippen LogP) is 3.14. The molecule has 1 fully saturated rings. The number of carbonyl (C=O) groups excluding carboxylic acids is 2. The van der Waals surface area contributed by atoms with E-state index in [2.05, 4.69) is 0 Å². The van der Waals surface area contributed by atoms with Crippen LogP contribution in [0.5, 0.6) is 0 Å². The third-order valence-corrected chi connectivity index (χ3v) is 7.66. The Morgan fingerprint density at radius 1 is 1.33 bits per heavy atom. The SMILES string of the molecule is CCC(O)C(C)C1OC1CC(C)(O)/C=C/C=C(\C)C1OC(=O)CC(O)CCC(C)(O)C(OC(C)=O)C=CC1C. The number of ether oxygens (including phenoxy) is 3. The first-order chi connectivity index (χ1) is 18.1. The Morgan fingerprint density at radius 3 is 2.62 bits per heavy atom. The van der Waals surface area contributed by atoms with Crippen LogP contribution in [0.1, 0.15) is 80.6 Å². The summed E-state index contributed by atoms with van der Waals surface area (Å²) in [7, 11) is 0. The zero-order valence-electron chi connectivity index (χ0n) is 24.4. The van der Waals surface area contributed by atoms with E-state index in [4.69, 9.17) is 14.2 Å². The fourth-order valence-electron chi connectivity index (χ4n) is 4.98. The Bertz CT molecular complexity index is 919. The lowest BCUT2D eigenvalue weighted by Crippen LogP contribution is -2.42. The van der Waals surface area contributed by atoms with Crippen molar-refractivity contribution in [1.82, 2.24) is 0 Å². The van der Waals surface area contributed by atoms with Crippen molar-refractivity contribution < 1.29 is 44.2 Å². The number of esters is 2. The summed E-state index contributed by atoms with van der Waals surface area (Å²) in [6, 6.07) is 0. The average molecular weight is 553 g/mol. The van der Waals surface area contributed by atoms with Gasteiger partial charge in [-0.05, 0) is 51.7 Å². The Hall–Kier alpha value is -2.04. The molecule has 2 aliphatic rings. The summed E-state index contributed by atoms with van der Waals surface area (Å²) in [6.45, 7) is 12.0. The molecule has 0 bridgehead atoms. The summed E-state index contributed by atoms with van der Waals surface area (Å²) >= 11 is 0. The van der Waals surface area contributed by atoms with Crippen molar-refractivity contribution in [2.75, 3.05) is 0 Å². The van der Waals surface area contributed by atoms with E-state index in [0.29, 0.717) is 18.4 Å². The smallest absolute Gasteiger partial charge is 0.309 e. The molecule has 1 saturated heterocycles. The molecule has 0 spiro atoms. The van der Waals surface area contributed by atoms with E-state index in [0.717, 1.165) is 0 Å². The molecular weight excluding hydrogens is 504 g/mol. The predicted molar refractivity (Wildman–Crippen MR) is 146 cm³/mol. The number of aliphatic hydroxyl groups is 4. The molecule has 0 radical (unpaired) electrons. The van der Waals surface area contributed by atoms with E-state index < -0.39 is 47.6 Å². The molecule has 2 heterocycles. The van der Waals surface area contributed by atoms with Crippen molar-refractivity contribution in [1.29, 1.82) is 0 Å². The van der Waals surface area contributed by atoms with Crippen molar-refractivity contribution in [2.45, 2.75) is 128 Å². The minimum Gasteiger partial charge on any atom is -0.457 e. The fraction of sp³-hybridized carbons (Fsp3) is 0.733. The Kier molecular flexibility index (Phi) is 11.9. The van der Waals surface area contributed by atoms with Crippen LogP contribution in [-0.2, 0) is 23.8 Å². The zero-order valence-corrected chi connectivity index (χ0v) is 24.4. The highest BCUT2D eigenvalue weighted by molar-refractivity contribution is 5.70. The average Bonchev–Trinajstić information content (AvgIpc) is 3.59. The van der Waals surface area contributed by atoms with Gasteiger partial charge in [-0.1, -0.05) is 45.1 Å². The summed E-state index contributed by atoms with van der Waals surface area (Å²) in [6.07, 6.45) is 6.23. The Balaban J connectivity index is 2.18. The van der Waals surface area contributed by atoms with Crippen molar-refractivity contribution in [3.05, 3.63) is 36.0 Å². The van der Waals surface area contributed by atoms with Gasteiger partial charge in [-0.2, -0.15) is 0 Å². The van der Waals surface area contributed by atoms with Crippen LogP contribution in [0.2, 0.25) is 0 Å². The van der Waals surface area contributed by atoms with Gasteiger partial charge in [-0.3, -0.25) is 9.59 Å². The summed E-state index contributed by atoms with van der Waals surface area (Å²) < 4.78 is 16.8. The van der Waals surface area contributed by atoms with Crippen molar-refractivity contribution in [2.24, 2.45) is 11.8 Å². The number of allylic oxidation sites excluding steroid dienone is 2. The summed E-state index contributed by atoms with van der Waals surface area (Å²) in [4.78, 5) is 24.3. The maximum Gasteiger partial charge on any atom is 0.309 e. The first kappa shape index (κ1) is 33.2. The van der Waals surface area contributed by atoms with Crippen LogP contribution in [0, 0.1) is 11.8 Å². The molecule has 9 heteroatoms. The quantitative estimate of drug-likeness (QED) is 0.147. The Morgan fingerprint density at radius 2 is 2.00 bits per heavy atom. The summed E-state index contributed by atoms with van der Waals surface area (Å²) in [5.41, 5.74) is -1.87. The lowest BCUT2D eigenvalue weighted by Gasteiger charge is -2.32. The molecule has 0 aromatic heterocycles. The minimum atomic E-state index is -1.43. The van der Waals surface area contributed by atoms with Gasteiger partial charge in [0.05, 0.1) is 36.4 Å². The van der Waals surface area contributed by atoms with Gasteiger partial charge in [0.2, 0.25) is 0 Å². The van der Waals surface area contributed by atoms with Crippen molar-refractivity contribution in [3.8, 4) is 0 Å². The van der Waals surface area contributed by atoms with Crippen LogP contribution >= 0.6 is 0 Å². The molecule has 0 amide bonds. The molecular formula is C30H48O9. The molecule has 39 heavy (non-hydrogen) atoms. The van der Waals surface area contributed by atoms with Gasteiger partial charge < -0.3 is 34.6 Å². The maximum absolute atomic E-state index is 12.6. The largest absolute Gasteiger partial charge is 0.457 e. The molecule has 0 aliphatic carbocycles. The second kappa shape index (κ2) is 14.0. The van der Waals surface area contributed by atoms with Crippen molar-refractivity contribution >= 4 is 11.9 Å². The fourth-order valence-corrected chi connectivity index (χ4v) is 4.98. The van der Waals surface area contributed by atoms with Gasteiger partial charge in [0, 0.05) is 25.2 Å². The van der Waals surface area contributed by atoms with Crippen LogP contribution in [0.3, 0.4) is 0 Å². The first-order valence-electron chi connectivity index (χ1n) is 13.9. The van der Waals surface area contributed by atoms with Gasteiger partial charge >= 0.3 is 11.9 Å². The number of aliphatic hydroxyl groups excluding tert-OH is 2. The maximum atomic E-state index is 12.6. The topological polar surface area (TPSA) is 146 Å². The lowest BCUT2D eigenvalue weighted by atomic mass is 9.88. The van der Waals surface area contributed by atoms with Gasteiger partial charge in [0.15, 0.2) is 0 Å². The minimum absolute atomic E-state index is 0.00472. The number of carbonyl (C=O) groups is 2. The second-order valence-corrected chi connectivity index (χ2v) is 11.7. The summed E-state index contributed by atoms with van der Waals surface area (Å²) in [5, 5.41) is 42.2. The standard InChI is InChI=1S/C30H48O9/c1-8-23(33)20(4)28-24(38-28)17-29(6,35)14-9-10-18(2)27-19(3)11-12-25(37-21(5)31)30(7,36)15-13-22(32)16-26(34)39-27/h9-12,14,19-20,22-25,27-28,32-33,35-36H,8,13,15-17H2,1-7H3/b12-11?,14-9+,18-10+. The highest BCUT2D eigenvalue weighted by Crippen LogP contribution is 2.37. The normalized spacial score (nSPS) is 35.8. The third-order valence-electron chi connectivity index (χ3n) is 7.66. The highest BCUT2D eigenvalue weighted by atomic mass is 16.6. The molecule has 10 unspecified atom stereocenters. The van der Waals surface area contributed by atoms with Crippen LogP contribution in [-0.4, -0.2) is 80.2 Å². The second-order valence-electron chi connectivity index (χ2n) is 11.7. The first-order valence-corrected chi connectivity index (χ1v) is 13.9. The molecule has 0 aromatic rings. The van der Waals surface area contributed by atoms with Crippen LogP contribution in [0.15, 0.2) is 36.0 Å². The molecule has 0 saturated carbocycles.